The van der Waals surface area contributed by atoms with Gasteiger partial charge in [0, 0.05) is 10.9 Å². The minimum absolute atomic E-state index is 0.498. The predicted octanol–water partition coefficient (Wildman–Crippen LogP) is 3.54. The molecule has 0 radical (unpaired) electrons. The Kier molecular flexibility index (Phi) is 5.26. The number of aryl methyl sites for hydroxylation is 1. The summed E-state index contributed by atoms with van der Waals surface area (Å²) in [6.45, 7) is 9.95. The molecule has 0 amide bonds. The van der Waals surface area contributed by atoms with Crippen LogP contribution < -0.4 is 5.32 Å². The third-order valence-corrected chi connectivity index (χ3v) is 3.49. The van der Waals surface area contributed by atoms with Crippen molar-refractivity contribution in [2.45, 2.75) is 46.6 Å². The minimum atomic E-state index is 0.498. The fraction of sp³-hybridized carbons (Fsp3) is 0.750. The fourth-order valence-corrected chi connectivity index (χ4v) is 2.61. The molecular weight excluding hydrogens is 204 g/mol. The number of aromatic nitrogens is 1. The molecule has 0 aliphatic heterocycles. The zero-order valence-corrected chi connectivity index (χ0v) is 11.0. The standard InChI is InChI=1S/C12H22N2S/c1-5-6-13-11(7-9(2)3)12-10(4)14-8-15-12/h8-9,11,13H,5-7H2,1-4H3. The molecule has 0 spiro atoms. The van der Waals surface area contributed by atoms with E-state index in [1.807, 2.05) is 5.51 Å². The molecule has 1 N–H and O–H groups in total. The lowest BCUT2D eigenvalue weighted by Crippen LogP contribution is -2.23. The summed E-state index contributed by atoms with van der Waals surface area (Å²) in [5.41, 5.74) is 3.14. The van der Waals surface area contributed by atoms with Crippen LogP contribution in [0.2, 0.25) is 0 Å². The van der Waals surface area contributed by atoms with Crippen molar-refractivity contribution in [2.75, 3.05) is 6.54 Å². The van der Waals surface area contributed by atoms with Crippen LogP contribution in [-0.4, -0.2) is 11.5 Å². The first kappa shape index (κ1) is 12.7. The number of hydrogen-bond acceptors (Lipinski definition) is 3. The molecule has 1 unspecified atom stereocenters. The third kappa shape index (κ3) is 3.92. The largest absolute Gasteiger partial charge is 0.309 e. The number of nitrogens with one attached hydrogen (secondary N) is 1. The van der Waals surface area contributed by atoms with Crippen molar-refractivity contribution in [2.24, 2.45) is 5.92 Å². The van der Waals surface area contributed by atoms with Gasteiger partial charge in [-0.2, -0.15) is 0 Å². The first-order chi connectivity index (χ1) is 7.15. The molecule has 0 saturated carbocycles. The number of rotatable bonds is 6. The van der Waals surface area contributed by atoms with Gasteiger partial charge in [-0.3, -0.25) is 0 Å². The Morgan fingerprint density at radius 1 is 1.47 bits per heavy atom. The van der Waals surface area contributed by atoms with E-state index in [2.05, 4.69) is 38.0 Å². The molecule has 0 aliphatic rings. The zero-order valence-electron chi connectivity index (χ0n) is 10.2. The van der Waals surface area contributed by atoms with Gasteiger partial charge >= 0.3 is 0 Å². The van der Waals surface area contributed by atoms with Crippen LogP contribution in [0.1, 0.15) is 50.2 Å². The van der Waals surface area contributed by atoms with E-state index < -0.39 is 0 Å². The highest BCUT2D eigenvalue weighted by atomic mass is 32.1. The molecule has 1 aromatic heterocycles. The molecule has 1 atom stereocenters. The third-order valence-electron chi connectivity index (χ3n) is 2.45. The second kappa shape index (κ2) is 6.23. The van der Waals surface area contributed by atoms with Crippen LogP contribution >= 0.6 is 11.3 Å². The van der Waals surface area contributed by atoms with Gasteiger partial charge in [0.1, 0.15) is 0 Å². The summed E-state index contributed by atoms with van der Waals surface area (Å²) in [5.74, 6) is 0.723. The summed E-state index contributed by atoms with van der Waals surface area (Å²) >= 11 is 1.78. The summed E-state index contributed by atoms with van der Waals surface area (Å²) in [4.78, 5) is 5.75. The van der Waals surface area contributed by atoms with Crippen LogP contribution in [0, 0.1) is 12.8 Å². The predicted molar refractivity (Wildman–Crippen MR) is 67.3 cm³/mol. The van der Waals surface area contributed by atoms with E-state index in [-0.39, 0.29) is 0 Å². The van der Waals surface area contributed by atoms with Crippen LogP contribution in [0.25, 0.3) is 0 Å². The second-order valence-electron chi connectivity index (χ2n) is 4.44. The van der Waals surface area contributed by atoms with E-state index >= 15 is 0 Å². The Labute approximate surface area is 97.1 Å². The molecule has 0 bridgehead atoms. The smallest absolute Gasteiger partial charge is 0.0798 e. The molecule has 2 nitrogen and oxygen atoms in total. The van der Waals surface area contributed by atoms with E-state index in [0.717, 1.165) is 12.5 Å². The number of hydrogen-bond donors (Lipinski definition) is 1. The number of nitrogens with zero attached hydrogens (tertiary/aromatic N) is 1. The summed E-state index contributed by atoms with van der Waals surface area (Å²) in [5, 5.41) is 3.61. The first-order valence-corrected chi connectivity index (χ1v) is 6.66. The maximum absolute atomic E-state index is 4.33. The van der Waals surface area contributed by atoms with Crippen molar-refractivity contribution in [1.29, 1.82) is 0 Å². The minimum Gasteiger partial charge on any atom is -0.309 e. The fourth-order valence-electron chi connectivity index (χ4n) is 1.72. The normalized spacial score (nSPS) is 13.4. The van der Waals surface area contributed by atoms with E-state index in [9.17, 15) is 0 Å². The molecule has 0 aliphatic carbocycles. The van der Waals surface area contributed by atoms with Crippen molar-refractivity contribution in [3.63, 3.8) is 0 Å². The van der Waals surface area contributed by atoms with Gasteiger partial charge < -0.3 is 5.32 Å². The Bertz CT molecular complexity index is 281. The summed E-state index contributed by atoms with van der Waals surface area (Å²) < 4.78 is 0. The lowest BCUT2D eigenvalue weighted by Gasteiger charge is -2.19. The van der Waals surface area contributed by atoms with E-state index in [1.54, 1.807) is 11.3 Å². The lowest BCUT2D eigenvalue weighted by atomic mass is 10.0. The topological polar surface area (TPSA) is 24.9 Å². The van der Waals surface area contributed by atoms with Crippen molar-refractivity contribution in [3.05, 3.63) is 16.1 Å². The summed E-state index contributed by atoms with van der Waals surface area (Å²) in [6, 6.07) is 0.498. The van der Waals surface area contributed by atoms with Crippen LogP contribution in [0.15, 0.2) is 5.51 Å². The lowest BCUT2D eigenvalue weighted by molar-refractivity contribution is 0.433. The molecule has 1 aromatic rings. The van der Waals surface area contributed by atoms with E-state index in [0.29, 0.717) is 6.04 Å². The molecule has 0 aromatic carbocycles. The van der Waals surface area contributed by atoms with Gasteiger partial charge in [0.05, 0.1) is 11.2 Å². The van der Waals surface area contributed by atoms with E-state index in [1.165, 1.54) is 23.4 Å². The molecular formula is C12H22N2S. The molecule has 15 heavy (non-hydrogen) atoms. The molecule has 3 heteroatoms. The molecule has 86 valence electrons. The van der Waals surface area contributed by atoms with Crippen molar-refractivity contribution < 1.29 is 0 Å². The molecule has 1 heterocycles. The second-order valence-corrected chi connectivity index (χ2v) is 5.32. The number of thiazole rings is 1. The van der Waals surface area contributed by atoms with Gasteiger partial charge in [-0.25, -0.2) is 4.98 Å². The zero-order chi connectivity index (χ0) is 11.3. The van der Waals surface area contributed by atoms with Gasteiger partial charge in [-0.05, 0) is 32.2 Å². The average Bonchev–Trinajstić information content (AvgIpc) is 2.58. The Morgan fingerprint density at radius 3 is 2.67 bits per heavy atom. The van der Waals surface area contributed by atoms with Crippen molar-refractivity contribution in [1.82, 2.24) is 10.3 Å². The maximum atomic E-state index is 4.33. The van der Waals surface area contributed by atoms with Crippen LogP contribution in [-0.2, 0) is 0 Å². The summed E-state index contributed by atoms with van der Waals surface area (Å²) in [6.07, 6.45) is 2.38. The Morgan fingerprint density at radius 2 is 2.20 bits per heavy atom. The highest BCUT2D eigenvalue weighted by Crippen LogP contribution is 2.27. The molecule has 0 saturated heterocycles. The molecule has 1 rings (SSSR count). The Hall–Kier alpha value is -0.410. The van der Waals surface area contributed by atoms with Gasteiger partial charge in [0.25, 0.3) is 0 Å². The molecule has 0 fully saturated rings. The van der Waals surface area contributed by atoms with Gasteiger partial charge in [-0.15, -0.1) is 11.3 Å². The van der Waals surface area contributed by atoms with E-state index in [4.69, 9.17) is 0 Å². The van der Waals surface area contributed by atoms with Gasteiger partial charge in [0.2, 0.25) is 0 Å². The monoisotopic (exact) mass is 226 g/mol. The van der Waals surface area contributed by atoms with Crippen molar-refractivity contribution in [3.8, 4) is 0 Å². The van der Waals surface area contributed by atoms with Crippen LogP contribution in [0.4, 0.5) is 0 Å². The maximum Gasteiger partial charge on any atom is 0.0798 e. The highest BCUT2D eigenvalue weighted by Gasteiger charge is 2.16. The van der Waals surface area contributed by atoms with Gasteiger partial charge in [0.15, 0.2) is 0 Å². The Balaban J connectivity index is 2.67. The van der Waals surface area contributed by atoms with Gasteiger partial charge in [-0.1, -0.05) is 20.8 Å². The van der Waals surface area contributed by atoms with Crippen LogP contribution in [0.3, 0.4) is 0 Å². The SMILES string of the molecule is CCCNC(CC(C)C)c1scnc1C. The average molecular weight is 226 g/mol. The van der Waals surface area contributed by atoms with Crippen molar-refractivity contribution >= 4 is 11.3 Å². The van der Waals surface area contributed by atoms with Crippen LogP contribution in [0.5, 0.6) is 0 Å². The first-order valence-electron chi connectivity index (χ1n) is 5.78. The highest BCUT2D eigenvalue weighted by molar-refractivity contribution is 7.09. The summed E-state index contributed by atoms with van der Waals surface area (Å²) in [7, 11) is 0. The quantitative estimate of drug-likeness (QED) is 0.802.